The fourth-order valence-corrected chi connectivity index (χ4v) is 3.17. The second-order valence-corrected chi connectivity index (χ2v) is 7.05. The second-order valence-electron chi connectivity index (χ2n) is 7.05. The van der Waals surface area contributed by atoms with Crippen LogP contribution in [0, 0.1) is 0 Å². The first-order valence-corrected chi connectivity index (χ1v) is 9.36. The van der Waals surface area contributed by atoms with Gasteiger partial charge in [-0.1, -0.05) is 6.07 Å². The maximum absolute atomic E-state index is 10.4. The van der Waals surface area contributed by atoms with E-state index < -0.39 is 6.10 Å². The third-order valence-electron chi connectivity index (χ3n) is 4.43. The molecule has 2 rings (SSSR count). The molecule has 0 saturated carbocycles. The van der Waals surface area contributed by atoms with Crippen LogP contribution >= 0.6 is 0 Å². The molecule has 26 heavy (non-hydrogen) atoms. The summed E-state index contributed by atoms with van der Waals surface area (Å²) < 4.78 is 22.0. The van der Waals surface area contributed by atoms with Crippen LogP contribution < -0.4 is 9.47 Å². The third-order valence-corrected chi connectivity index (χ3v) is 4.43. The molecule has 0 radical (unpaired) electrons. The number of methoxy groups -OCH3 is 2. The molecule has 1 fully saturated rings. The summed E-state index contributed by atoms with van der Waals surface area (Å²) in [6, 6.07) is 5.93. The highest BCUT2D eigenvalue weighted by Crippen LogP contribution is 2.28. The molecule has 0 spiro atoms. The molecular formula is C20H33NO5. The predicted molar refractivity (Wildman–Crippen MR) is 101 cm³/mol. The summed E-state index contributed by atoms with van der Waals surface area (Å²) in [6.07, 6.45) is 1.99. The maximum atomic E-state index is 10.4. The number of hydrogen-bond acceptors (Lipinski definition) is 6. The van der Waals surface area contributed by atoms with E-state index in [1.165, 1.54) is 0 Å². The third kappa shape index (κ3) is 6.76. The van der Waals surface area contributed by atoms with E-state index in [9.17, 15) is 5.11 Å². The van der Waals surface area contributed by atoms with Crippen molar-refractivity contribution in [2.45, 2.75) is 51.5 Å². The monoisotopic (exact) mass is 367 g/mol. The first kappa shape index (κ1) is 21.0. The summed E-state index contributed by atoms with van der Waals surface area (Å²) in [5.74, 6) is 1.43. The topological polar surface area (TPSA) is 60.4 Å². The molecule has 1 aliphatic heterocycles. The molecule has 6 heteroatoms. The van der Waals surface area contributed by atoms with Gasteiger partial charge in [0.25, 0.3) is 0 Å². The van der Waals surface area contributed by atoms with Crippen LogP contribution in [-0.2, 0) is 16.0 Å². The highest BCUT2D eigenvalue weighted by molar-refractivity contribution is 5.42. The Labute approximate surface area is 157 Å². The Bertz CT molecular complexity index is 531. The van der Waals surface area contributed by atoms with Crippen molar-refractivity contribution in [3.63, 3.8) is 0 Å². The van der Waals surface area contributed by atoms with Crippen LogP contribution in [0.4, 0.5) is 0 Å². The van der Waals surface area contributed by atoms with Gasteiger partial charge in [0.15, 0.2) is 11.5 Å². The van der Waals surface area contributed by atoms with Crippen molar-refractivity contribution in [3.05, 3.63) is 23.8 Å². The quantitative estimate of drug-likeness (QED) is 0.648. The summed E-state index contributed by atoms with van der Waals surface area (Å²) in [5, 5.41) is 10.4. The van der Waals surface area contributed by atoms with Gasteiger partial charge in [-0.3, -0.25) is 4.90 Å². The SMILES string of the molecule is COc1ccc(CN(CC(O)COC(C)C)CC2CCCO2)cc1OC. The molecule has 2 unspecified atom stereocenters. The van der Waals surface area contributed by atoms with Crippen LogP contribution in [-0.4, -0.2) is 68.8 Å². The van der Waals surface area contributed by atoms with E-state index in [1.807, 2.05) is 32.0 Å². The summed E-state index contributed by atoms with van der Waals surface area (Å²) >= 11 is 0. The van der Waals surface area contributed by atoms with Gasteiger partial charge >= 0.3 is 0 Å². The maximum Gasteiger partial charge on any atom is 0.161 e. The first-order chi connectivity index (χ1) is 12.5. The molecule has 1 aliphatic rings. The number of ether oxygens (including phenoxy) is 4. The number of nitrogens with zero attached hydrogens (tertiary/aromatic N) is 1. The number of benzene rings is 1. The Morgan fingerprint density at radius 1 is 1.23 bits per heavy atom. The van der Waals surface area contributed by atoms with Crippen LogP contribution in [0.15, 0.2) is 18.2 Å². The minimum Gasteiger partial charge on any atom is -0.493 e. The lowest BCUT2D eigenvalue weighted by Crippen LogP contribution is -2.39. The molecule has 148 valence electrons. The molecule has 0 amide bonds. The van der Waals surface area contributed by atoms with E-state index in [4.69, 9.17) is 18.9 Å². The minimum absolute atomic E-state index is 0.113. The van der Waals surface area contributed by atoms with E-state index in [1.54, 1.807) is 14.2 Å². The van der Waals surface area contributed by atoms with Gasteiger partial charge in [0.2, 0.25) is 0 Å². The van der Waals surface area contributed by atoms with Crippen molar-refractivity contribution in [3.8, 4) is 11.5 Å². The van der Waals surface area contributed by atoms with Crippen molar-refractivity contribution < 1.29 is 24.1 Å². The van der Waals surface area contributed by atoms with Gasteiger partial charge in [0.1, 0.15) is 0 Å². The van der Waals surface area contributed by atoms with Crippen molar-refractivity contribution >= 4 is 0 Å². The van der Waals surface area contributed by atoms with Gasteiger partial charge in [-0.2, -0.15) is 0 Å². The molecule has 6 nitrogen and oxygen atoms in total. The van der Waals surface area contributed by atoms with E-state index in [2.05, 4.69) is 4.90 Å². The zero-order valence-corrected chi connectivity index (χ0v) is 16.4. The van der Waals surface area contributed by atoms with Gasteiger partial charge in [0, 0.05) is 26.2 Å². The fourth-order valence-electron chi connectivity index (χ4n) is 3.17. The average Bonchev–Trinajstić information content (AvgIpc) is 3.12. The average molecular weight is 367 g/mol. The van der Waals surface area contributed by atoms with Crippen LogP contribution in [0.1, 0.15) is 32.3 Å². The summed E-state index contributed by atoms with van der Waals surface area (Å²) in [4.78, 5) is 2.23. The van der Waals surface area contributed by atoms with Crippen LogP contribution in [0.5, 0.6) is 11.5 Å². The first-order valence-electron chi connectivity index (χ1n) is 9.36. The Morgan fingerprint density at radius 3 is 2.62 bits per heavy atom. The van der Waals surface area contributed by atoms with Crippen molar-refractivity contribution in [1.82, 2.24) is 4.90 Å². The Hall–Kier alpha value is -1.34. The molecular weight excluding hydrogens is 334 g/mol. The number of rotatable bonds is 11. The molecule has 1 N–H and O–H groups in total. The number of aliphatic hydroxyl groups is 1. The van der Waals surface area contributed by atoms with E-state index in [0.717, 1.165) is 31.6 Å². The van der Waals surface area contributed by atoms with Gasteiger partial charge in [-0.15, -0.1) is 0 Å². The predicted octanol–water partition coefficient (Wildman–Crippen LogP) is 2.47. The summed E-state index contributed by atoms with van der Waals surface area (Å²) in [7, 11) is 3.27. The van der Waals surface area contributed by atoms with Crippen molar-refractivity contribution in [1.29, 1.82) is 0 Å². The van der Waals surface area contributed by atoms with Crippen LogP contribution in [0.25, 0.3) is 0 Å². The molecule has 1 saturated heterocycles. The zero-order valence-electron chi connectivity index (χ0n) is 16.4. The van der Waals surface area contributed by atoms with Gasteiger partial charge < -0.3 is 24.1 Å². The van der Waals surface area contributed by atoms with Crippen molar-refractivity contribution in [2.24, 2.45) is 0 Å². The smallest absolute Gasteiger partial charge is 0.161 e. The van der Waals surface area contributed by atoms with Gasteiger partial charge in [-0.25, -0.2) is 0 Å². The highest BCUT2D eigenvalue weighted by Gasteiger charge is 2.22. The lowest BCUT2D eigenvalue weighted by atomic mass is 10.1. The minimum atomic E-state index is -0.529. The number of aliphatic hydroxyl groups excluding tert-OH is 1. The zero-order chi connectivity index (χ0) is 18.9. The standard InChI is InChI=1S/C20H33NO5/c1-15(2)26-14-17(22)12-21(13-18-6-5-9-25-18)11-16-7-8-19(23-3)20(10-16)24-4/h7-8,10,15,17-18,22H,5-6,9,11-14H2,1-4H3. The summed E-state index contributed by atoms with van der Waals surface area (Å²) in [6.45, 7) is 7.16. The molecule has 1 heterocycles. The number of hydrogen-bond donors (Lipinski definition) is 1. The van der Waals surface area contributed by atoms with Gasteiger partial charge in [0.05, 0.1) is 39.1 Å². The van der Waals surface area contributed by atoms with Gasteiger partial charge in [-0.05, 0) is 44.4 Å². The van der Waals surface area contributed by atoms with Crippen molar-refractivity contribution in [2.75, 3.05) is 40.5 Å². The lowest BCUT2D eigenvalue weighted by molar-refractivity contribution is -0.0172. The molecule has 1 aromatic carbocycles. The van der Waals surface area contributed by atoms with Crippen LogP contribution in [0.2, 0.25) is 0 Å². The Morgan fingerprint density at radius 2 is 2.00 bits per heavy atom. The van der Waals surface area contributed by atoms with E-state index >= 15 is 0 Å². The van der Waals surface area contributed by atoms with E-state index in [-0.39, 0.29) is 12.2 Å². The largest absolute Gasteiger partial charge is 0.493 e. The second kappa shape index (κ2) is 10.7. The Kier molecular flexibility index (Phi) is 8.65. The lowest BCUT2D eigenvalue weighted by Gasteiger charge is -2.28. The van der Waals surface area contributed by atoms with E-state index in [0.29, 0.717) is 31.2 Å². The summed E-state index contributed by atoms with van der Waals surface area (Å²) in [5.41, 5.74) is 1.11. The molecule has 0 bridgehead atoms. The highest BCUT2D eigenvalue weighted by atomic mass is 16.5. The molecule has 0 aliphatic carbocycles. The molecule has 0 aromatic heterocycles. The van der Waals surface area contributed by atoms with Crippen LogP contribution in [0.3, 0.4) is 0 Å². The fraction of sp³-hybridized carbons (Fsp3) is 0.700. The molecule has 1 aromatic rings. The normalized spacial score (nSPS) is 18.5. The molecule has 2 atom stereocenters. The Balaban J connectivity index is 2.02.